The highest BCUT2D eigenvalue weighted by molar-refractivity contribution is 5.74. The third-order valence-corrected chi connectivity index (χ3v) is 2.69. The molecule has 88 valence electrons. The van der Waals surface area contributed by atoms with Gasteiger partial charge in [0.05, 0.1) is 7.11 Å². The van der Waals surface area contributed by atoms with Gasteiger partial charge in [0, 0.05) is 5.56 Å². The molecule has 1 N–H and O–H groups in total. The molecule has 0 aliphatic heterocycles. The maximum Gasteiger partial charge on any atom is 0.123 e. The van der Waals surface area contributed by atoms with Crippen LogP contribution in [-0.4, -0.2) is 12.2 Å². The van der Waals surface area contributed by atoms with E-state index in [4.69, 9.17) is 4.74 Å². The van der Waals surface area contributed by atoms with Gasteiger partial charge in [-0.3, -0.25) is 0 Å². The molecular formula is C14H13FO2. The summed E-state index contributed by atoms with van der Waals surface area (Å²) >= 11 is 0. The molecule has 0 unspecified atom stereocenters. The number of aromatic hydroxyl groups is 1. The van der Waals surface area contributed by atoms with Crippen molar-refractivity contribution in [3.05, 3.63) is 47.8 Å². The average molecular weight is 232 g/mol. The summed E-state index contributed by atoms with van der Waals surface area (Å²) in [5.74, 6) is 0.411. The molecule has 0 aliphatic rings. The Bertz CT molecular complexity index is 550. The van der Waals surface area contributed by atoms with Crippen LogP contribution in [0.2, 0.25) is 0 Å². The Morgan fingerprint density at radius 2 is 1.82 bits per heavy atom. The van der Waals surface area contributed by atoms with Gasteiger partial charge < -0.3 is 9.84 Å². The third kappa shape index (κ3) is 2.23. The lowest BCUT2D eigenvalue weighted by Gasteiger charge is -2.10. The van der Waals surface area contributed by atoms with E-state index in [1.807, 2.05) is 6.92 Å². The Kier molecular flexibility index (Phi) is 3.00. The van der Waals surface area contributed by atoms with Gasteiger partial charge in [0.15, 0.2) is 0 Å². The summed E-state index contributed by atoms with van der Waals surface area (Å²) in [6, 6.07) is 9.38. The lowest BCUT2D eigenvalue weighted by atomic mass is 9.99. The van der Waals surface area contributed by atoms with Gasteiger partial charge in [-0.05, 0) is 48.4 Å². The topological polar surface area (TPSA) is 29.5 Å². The summed E-state index contributed by atoms with van der Waals surface area (Å²) < 4.78 is 18.3. The lowest BCUT2D eigenvalue weighted by molar-refractivity contribution is 0.412. The number of hydrogen-bond donors (Lipinski definition) is 1. The molecular weight excluding hydrogens is 219 g/mol. The molecule has 0 radical (unpaired) electrons. The number of benzene rings is 2. The fourth-order valence-corrected chi connectivity index (χ4v) is 1.74. The first kappa shape index (κ1) is 11.5. The van der Waals surface area contributed by atoms with E-state index in [1.165, 1.54) is 12.1 Å². The molecule has 17 heavy (non-hydrogen) atoms. The molecule has 0 aliphatic carbocycles. The van der Waals surface area contributed by atoms with Gasteiger partial charge in [-0.1, -0.05) is 6.07 Å². The van der Waals surface area contributed by atoms with Crippen LogP contribution in [-0.2, 0) is 0 Å². The number of ether oxygens (including phenoxy) is 1. The molecule has 0 atom stereocenters. The van der Waals surface area contributed by atoms with E-state index in [1.54, 1.807) is 31.4 Å². The summed E-state index contributed by atoms with van der Waals surface area (Å²) in [5.41, 5.74) is 2.14. The molecule has 2 aromatic rings. The van der Waals surface area contributed by atoms with Crippen molar-refractivity contribution in [2.24, 2.45) is 0 Å². The molecule has 3 heteroatoms. The zero-order valence-electron chi connectivity index (χ0n) is 9.70. The second-order valence-electron chi connectivity index (χ2n) is 3.84. The van der Waals surface area contributed by atoms with Crippen molar-refractivity contribution in [2.75, 3.05) is 7.11 Å². The molecule has 0 saturated carbocycles. The van der Waals surface area contributed by atoms with Crippen molar-refractivity contribution in [3.63, 3.8) is 0 Å². The van der Waals surface area contributed by atoms with Gasteiger partial charge in [0.2, 0.25) is 0 Å². The second-order valence-corrected chi connectivity index (χ2v) is 3.84. The number of methoxy groups -OCH3 is 1. The van der Waals surface area contributed by atoms with Gasteiger partial charge in [0.1, 0.15) is 17.3 Å². The maximum absolute atomic E-state index is 13.2. The van der Waals surface area contributed by atoms with Crippen LogP contribution in [0.15, 0.2) is 36.4 Å². The monoisotopic (exact) mass is 232 g/mol. The number of rotatable bonds is 2. The summed E-state index contributed by atoms with van der Waals surface area (Å²) in [7, 11) is 1.55. The fraction of sp³-hybridized carbons (Fsp3) is 0.143. The normalized spacial score (nSPS) is 10.3. The third-order valence-electron chi connectivity index (χ3n) is 2.69. The molecule has 2 nitrogen and oxygen atoms in total. The van der Waals surface area contributed by atoms with E-state index < -0.39 is 0 Å². The maximum atomic E-state index is 13.2. The highest BCUT2D eigenvalue weighted by atomic mass is 19.1. The van der Waals surface area contributed by atoms with Crippen LogP contribution < -0.4 is 4.74 Å². The van der Waals surface area contributed by atoms with Crippen molar-refractivity contribution in [2.45, 2.75) is 6.92 Å². The highest BCUT2D eigenvalue weighted by Gasteiger charge is 2.09. The quantitative estimate of drug-likeness (QED) is 0.858. The molecule has 0 fully saturated rings. The van der Waals surface area contributed by atoms with E-state index in [-0.39, 0.29) is 11.6 Å². The van der Waals surface area contributed by atoms with Crippen LogP contribution in [0, 0.1) is 12.7 Å². The SMILES string of the molecule is COc1ccc(O)c(-c2cc(F)ccc2C)c1. The van der Waals surface area contributed by atoms with Crippen molar-refractivity contribution in [3.8, 4) is 22.6 Å². The number of phenols is 1. The fourth-order valence-electron chi connectivity index (χ4n) is 1.74. The Morgan fingerprint density at radius 1 is 1.06 bits per heavy atom. The van der Waals surface area contributed by atoms with Gasteiger partial charge in [-0.2, -0.15) is 0 Å². The number of hydrogen-bond acceptors (Lipinski definition) is 2. The van der Waals surface area contributed by atoms with E-state index in [2.05, 4.69) is 0 Å². The Labute approximate surface area is 99.3 Å². The van der Waals surface area contributed by atoms with Gasteiger partial charge in [-0.15, -0.1) is 0 Å². The molecule has 0 spiro atoms. The first-order chi connectivity index (χ1) is 8.11. The van der Waals surface area contributed by atoms with Crippen LogP contribution in [0.4, 0.5) is 4.39 Å². The molecule has 0 saturated heterocycles. The van der Waals surface area contributed by atoms with Gasteiger partial charge in [-0.25, -0.2) is 4.39 Å². The Morgan fingerprint density at radius 3 is 2.53 bits per heavy atom. The number of phenolic OH excluding ortho intramolecular Hbond substituents is 1. The van der Waals surface area contributed by atoms with Crippen molar-refractivity contribution in [1.29, 1.82) is 0 Å². The minimum atomic E-state index is -0.326. The Balaban J connectivity index is 2.62. The second kappa shape index (κ2) is 4.45. The zero-order chi connectivity index (χ0) is 12.4. The largest absolute Gasteiger partial charge is 0.507 e. The smallest absolute Gasteiger partial charge is 0.123 e. The summed E-state index contributed by atoms with van der Waals surface area (Å²) in [5, 5.41) is 9.82. The van der Waals surface area contributed by atoms with Crippen LogP contribution >= 0.6 is 0 Å². The van der Waals surface area contributed by atoms with Crippen LogP contribution in [0.5, 0.6) is 11.5 Å². The first-order valence-corrected chi connectivity index (χ1v) is 5.25. The van der Waals surface area contributed by atoms with Crippen LogP contribution in [0.1, 0.15) is 5.56 Å². The van der Waals surface area contributed by atoms with Gasteiger partial charge >= 0.3 is 0 Å². The van der Waals surface area contributed by atoms with E-state index in [0.29, 0.717) is 16.9 Å². The Hall–Kier alpha value is -2.03. The first-order valence-electron chi connectivity index (χ1n) is 5.25. The van der Waals surface area contributed by atoms with E-state index in [0.717, 1.165) is 5.56 Å². The van der Waals surface area contributed by atoms with Crippen molar-refractivity contribution in [1.82, 2.24) is 0 Å². The standard InChI is InChI=1S/C14H13FO2/c1-9-3-4-10(15)7-12(9)13-8-11(17-2)5-6-14(13)16/h3-8,16H,1-2H3. The minimum Gasteiger partial charge on any atom is -0.507 e. The van der Waals surface area contributed by atoms with Gasteiger partial charge in [0.25, 0.3) is 0 Å². The zero-order valence-corrected chi connectivity index (χ0v) is 9.70. The van der Waals surface area contributed by atoms with Crippen LogP contribution in [0.25, 0.3) is 11.1 Å². The summed E-state index contributed by atoms with van der Waals surface area (Å²) in [4.78, 5) is 0. The molecule has 0 amide bonds. The van der Waals surface area contributed by atoms with E-state index in [9.17, 15) is 9.50 Å². The molecule has 2 rings (SSSR count). The minimum absolute atomic E-state index is 0.111. The molecule has 0 aromatic heterocycles. The molecule has 0 bridgehead atoms. The predicted molar refractivity (Wildman–Crippen MR) is 64.8 cm³/mol. The average Bonchev–Trinajstić information content (AvgIpc) is 2.33. The summed E-state index contributed by atoms with van der Waals surface area (Å²) in [6.07, 6.45) is 0. The van der Waals surface area contributed by atoms with Crippen LogP contribution in [0.3, 0.4) is 0 Å². The van der Waals surface area contributed by atoms with Crippen molar-refractivity contribution < 1.29 is 14.2 Å². The number of halogens is 1. The lowest BCUT2D eigenvalue weighted by Crippen LogP contribution is -1.88. The van der Waals surface area contributed by atoms with Crippen molar-refractivity contribution >= 4 is 0 Å². The van der Waals surface area contributed by atoms with E-state index >= 15 is 0 Å². The summed E-state index contributed by atoms with van der Waals surface area (Å²) in [6.45, 7) is 1.87. The molecule has 2 aromatic carbocycles. The molecule has 0 heterocycles. The predicted octanol–water partition coefficient (Wildman–Crippen LogP) is 3.52. The highest BCUT2D eigenvalue weighted by Crippen LogP contribution is 2.34. The number of aryl methyl sites for hydroxylation is 1.